The Labute approximate surface area is 88.0 Å². The molecule has 0 fully saturated rings. The van der Waals surface area contributed by atoms with Crippen LogP contribution in [0.5, 0.6) is 0 Å². The quantitative estimate of drug-likeness (QED) is 0.818. The van der Waals surface area contributed by atoms with Crippen molar-refractivity contribution in [1.82, 2.24) is 0 Å². The fraction of sp³-hybridized carbons (Fsp3) is 0.125. The number of rotatable bonds is 3. The number of nitrogens with two attached hydrogens (primary N) is 1. The Morgan fingerprint density at radius 3 is 2.77 bits per heavy atom. The molecule has 0 amide bonds. The average molecular weight is 262 g/mol. The summed E-state index contributed by atoms with van der Waals surface area (Å²) in [6, 6.07) is 3.71. The third kappa shape index (κ3) is 2.95. The molecule has 1 rings (SSSR count). The molecule has 5 heteroatoms. The number of carboxylic acids is 1. The van der Waals surface area contributed by atoms with Gasteiger partial charge in [-0.15, -0.1) is 11.3 Å². The monoisotopic (exact) mass is 261 g/mol. The first-order valence-electron chi connectivity index (χ1n) is 3.52. The minimum Gasteiger partial charge on any atom is -0.478 e. The maximum Gasteiger partial charge on any atom is 0.332 e. The largest absolute Gasteiger partial charge is 0.478 e. The van der Waals surface area contributed by atoms with Crippen LogP contribution in [0, 0.1) is 0 Å². The van der Waals surface area contributed by atoms with E-state index in [0.717, 1.165) is 8.66 Å². The highest BCUT2D eigenvalue weighted by atomic mass is 79.9. The van der Waals surface area contributed by atoms with Crippen LogP contribution < -0.4 is 5.73 Å². The third-order valence-corrected chi connectivity index (χ3v) is 2.98. The molecule has 13 heavy (non-hydrogen) atoms. The zero-order valence-electron chi connectivity index (χ0n) is 6.66. The molecule has 70 valence electrons. The number of hydrogen-bond acceptors (Lipinski definition) is 3. The molecule has 0 unspecified atom stereocenters. The molecule has 3 nitrogen and oxygen atoms in total. The summed E-state index contributed by atoms with van der Waals surface area (Å²) in [6.45, 7) is 0.0465. The van der Waals surface area contributed by atoms with Crippen molar-refractivity contribution in [3.05, 3.63) is 26.4 Å². The third-order valence-electron chi connectivity index (χ3n) is 1.41. The number of hydrogen-bond donors (Lipinski definition) is 2. The van der Waals surface area contributed by atoms with Crippen molar-refractivity contribution < 1.29 is 9.90 Å². The minimum atomic E-state index is -0.966. The second-order valence-electron chi connectivity index (χ2n) is 2.32. The molecule has 0 saturated heterocycles. The molecule has 0 aliphatic rings. The van der Waals surface area contributed by atoms with Crippen LogP contribution in [0.2, 0.25) is 0 Å². The first kappa shape index (κ1) is 10.4. The zero-order chi connectivity index (χ0) is 9.84. The van der Waals surface area contributed by atoms with E-state index in [9.17, 15) is 4.79 Å². The van der Waals surface area contributed by atoms with E-state index in [4.69, 9.17) is 10.8 Å². The van der Waals surface area contributed by atoms with Gasteiger partial charge >= 0.3 is 5.97 Å². The Hall–Kier alpha value is -0.650. The smallest absolute Gasteiger partial charge is 0.332 e. The van der Waals surface area contributed by atoms with Crippen molar-refractivity contribution in [2.75, 3.05) is 6.54 Å². The van der Waals surface area contributed by atoms with E-state index in [-0.39, 0.29) is 12.1 Å². The number of carboxylic acid groups (broad SMARTS) is 1. The summed E-state index contributed by atoms with van der Waals surface area (Å²) in [5.74, 6) is -0.966. The molecule has 3 N–H and O–H groups in total. The second-order valence-corrected chi connectivity index (χ2v) is 4.82. The highest BCUT2D eigenvalue weighted by molar-refractivity contribution is 9.11. The molecule has 0 atom stereocenters. The zero-order valence-corrected chi connectivity index (χ0v) is 9.06. The van der Waals surface area contributed by atoms with Crippen LogP contribution in [0.4, 0.5) is 0 Å². The Morgan fingerprint density at radius 1 is 1.69 bits per heavy atom. The van der Waals surface area contributed by atoms with Crippen molar-refractivity contribution in [2.45, 2.75) is 0 Å². The van der Waals surface area contributed by atoms with Crippen LogP contribution in [0.15, 0.2) is 21.5 Å². The Morgan fingerprint density at radius 2 is 2.38 bits per heavy atom. The van der Waals surface area contributed by atoms with E-state index >= 15 is 0 Å². The van der Waals surface area contributed by atoms with Crippen LogP contribution in [-0.2, 0) is 4.79 Å². The summed E-state index contributed by atoms with van der Waals surface area (Å²) < 4.78 is 0.973. The van der Waals surface area contributed by atoms with E-state index in [1.165, 1.54) is 11.3 Å². The highest BCUT2D eigenvalue weighted by Crippen LogP contribution is 2.23. The standard InChI is InChI=1S/C8H8BrNO2S/c9-7-2-1-6(13-7)3-5(4-10)8(11)12/h1-3H,4,10H2,(H,11,12)/b5-3-. The fourth-order valence-corrected chi connectivity index (χ4v) is 2.18. The topological polar surface area (TPSA) is 63.3 Å². The van der Waals surface area contributed by atoms with Gasteiger partial charge in [0.1, 0.15) is 0 Å². The summed E-state index contributed by atoms with van der Waals surface area (Å²) in [4.78, 5) is 11.5. The average Bonchev–Trinajstić information content (AvgIpc) is 2.46. The van der Waals surface area contributed by atoms with Crippen LogP contribution in [0.3, 0.4) is 0 Å². The minimum absolute atomic E-state index is 0.0465. The summed E-state index contributed by atoms with van der Waals surface area (Å²) in [6.07, 6.45) is 1.58. The van der Waals surface area contributed by atoms with E-state index < -0.39 is 5.97 Å². The van der Waals surface area contributed by atoms with Gasteiger partial charge in [-0.2, -0.15) is 0 Å². The molecule has 0 aliphatic carbocycles. The number of carbonyl (C=O) groups is 1. The van der Waals surface area contributed by atoms with Gasteiger partial charge in [0, 0.05) is 11.4 Å². The van der Waals surface area contributed by atoms with E-state index in [2.05, 4.69) is 15.9 Å². The van der Waals surface area contributed by atoms with Crippen LogP contribution in [0.1, 0.15) is 4.88 Å². The maximum absolute atomic E-state index is 10.6. The molecule has 1 aromatic heterocycles. The molecule has 0 radical (unpaired) electrons. The molecular weight excluding hydrogens is 254 g/mol. The van der Waals surface area contributed by atoms with Gasteiger partial charge in [0.05, 0.1) is 9.36 Å². The van der Waals surface area contributed by atoms with Gasteiger partial charge in [-0.05, 0) is 34.1 Å². The summed E-state index contributed by atoms with van der Waals surface area (Å²) in [7, 11) is 0. The second kappa shape index (κ2) is 4.55. The van der Waals surface area contributed by atoms with Crippen molar-refractivity contribution in [2.24, 2.45) is 5.73 Å². The van der Waals surface area contributed by atoms with E-state index in [1.54, 1.807) is 6.08 Å². The fourth-order valence-electron chi connectivity index (χ4n) is 0.786. The molecule has 0 saturated carbocycles. The van der Waals surface area contributed by atoms with Crippen molar-refractivity contribution >= 4 is 39.3 Å². The van der Waals surface area contributed by atoms with Gasteiger partial charge in [-0.3, -0.25) is 0 Å². The lowest BCUT2D eigenvalue weighted by molar-refractivity contribution is -0.132. The van der Waals surface area contributed by atoms with Crippen molar-refractivity contribution in [3.63, 3.8) is 0 Å². The maximum atomic E-state index is 10.6. The van der Waals surface area contributed by atoms with Crippen LogP contribution in [0.25, 0.3) is 6.08 Å². The molecule has 0 aromatic carbocycles. The lowest BCUT2D eigenvalue weighted by Crippen LogP contribution is -2.11. The predicted molar refractivity (Wildman–Crippen MR) is 56.7 cm³/mol. The Bertz CT molecular complexity index is 346. The first-order valence-corrected chi connectivity index (χ1v) is 5.13. The predicted octanol–water partition coefficient (Wildman–Crippen LogP) is 1.94. The number of aliphatic carboxylic acids is 1. The molecule has 1 heterocycles. The molecular formula is C8H8BrNO2S. The summed E-state index contributed by atoms with van der Waals surface area (Å²) >= 11 is 4.76. The molecule has 0 aliphatic heterocycles. The SMILES string of the molecule is NC/C(=C/c1ccc(Br)s1)C(=O)O. The van der Waals surface area contributed by atoms with Gasteiger partial charge in [-0.25, -0.2) is 4.79 Å². The van der Waals surface area contributed by atoms with Crippen molar-refractivity contribution in [3.8, 4) is 0 Å². The van der Waals surface area contributed by atoms with E-state index in [0.29, 0.717) is 0 Å². The van der Waals surface area contributed by atoms with Crippen LogP contribution in [-0.4, -0.2) is 17.6 Å². The van der Waals surface area contributed by atoms with Gasteiger partial charge in [0.25, 0.3) is 0 Å². The van der Waals surface area contributed by atoms with Gasteiger partial charge in [0.15, 0.2) is 0 Å². The Kier molecular flexibility index (Phi) is 3.65. The lowest BCUT2D eigenvalue weighted by atomic mass is 10.2. The highest BCUT2D eigenvalue weighted by Gasteiger charge is 2.05. The number of halogens is 1. The normalized spacial score (nSPS) is 11.7. The number of thiophene rings is 1. The van der Waals surface area contributed by atoms with Crippen molar-refractivity contribution in [1.29, 1.82) is 0 Å². The Balaban J connectivity index is 2.91. The van der Waals surface area contributed by atoms with Gasteiger partial charge in [0.2, 0.25) is 0 Å². The molecule has 0 spiro atoms. The first-order chi connectivity index (χ1) is 6.13. The summed E-state index contributed by atoms with van der Waals surface area (Å²) in [5.41, 5.74) is 5.49. The molecule has 0 bridgehead atoms. The van der Waals surface area contributed by atoms with Crippen LogP contribution >= 0.6 is 27.3 Å². The van der Waals surface area contributed by atoms with Gasteiger partial charge < -0.3 is 10.8 Å². The lowest BCUT2D eigenvalue weighted by Gasteiger charge is -1.94. The van der Waals surface area contributed by atoms with Gasteiger partial charge in [-0.1, -0.05) is 0 Å². The molecule has 1 aromatic rings. The van der Waals surface area contributed by atoms with E-state index in [1.807, 2.05) is 12.1 Å². The summed E-state index contributed by atoms with van der Waals surface area (Å²) in [5, 5.41) is 8.69.